The molecule has 3 rings (SSSR count). The van der Waals surface area contributed by atoms with Crippen LogP contribution in [-0.2, 0) is 13.6 Å². The van der Waals surface area contributed by atoms with Crippen molar-refractivity contribution in [2.45, 2.75) is 19.4 Å². The number of furan rings is 1. The summed E-state index contributed by atoms with van der Waals surface area (Å²) in [4.78, 5) is 14.3. The second-order valence-corrected chi connectivity index (χ2v) is 5.96. The molecule has 0 unspecified atom stereocenters. The quantitative estimate of drug-likeness (QED) is 0.912. The first-order valence-electron chi connectivity index (χ1n) is 7.71. The smallest absolute Gasteiger partial charge is 0.254 e. The fourth-order valence-electron chi connectivity index (χ4n) is 2.89. The highest BCUT2D eigenvalue weighted by atomic mass is 16.3. The molecule has 1 amide bonds. The number of nitrogens with zero attached hydrogens (tertiary/aromatic N) is 3. The predicted octanol–water partition coefficient (Wildman–Crippen LogP) is 1.66. The molecule has 3 heterocycles. The number of rotatable bonds is 5. The van der Waals surface area contributed by atoms with Gasteiger partial charge in [-0.3, -0.25) is 14.4 Å². The first-order valence-corrected chi connectivity index (χ1v) is 7.71. The van der Waals surface area contributed by atoms with Gasteiger partial charge in [0.15, 0.2) is 0 Å². The molecule has 6 nitrogen and oxygen atoms in total. The predicted molar refractivity (Wildman–Crippen MR) is 82.3 cm³/mol. The number of hydrogen-bond donors (Lipinski definition) is 1. The molecule has 22 heavy (non-hydrogen) atoms. The van der Waals surface area contributed by atoms with Crippen molar-refractivity contribution in [3.8, 4) is 0 Å². The Morgan fingerprint density at radius 2 is 2.27 bits per heavy atom. The number of carbonyl (C=O) groups excluding carboxylic acids is 1. The fourth-order valence-corrected chi connectivity index (χ4v) is 2.89. The van der Waals surface area contributed by atoms with E-state index in [4.69, 9.17) is 4.42 Å². The minimum absolute atomic E-state index is 0.0495. The molecule has 2 aromatic rings. The van der Waals surface area contributed by atoms with Crippen molar-refractivity contribution >= 4 is 5.91 Å². The van der Waals surface area contributed by atoms with Gasteiger partial charge in [0, 0.05) is 31.9 Å². The van der Waals surface area contributed by atoms with Gasteiger partial charge in [0.25, 0.3) is 5.91 Å². The van der Waals surface area contributed by atoms with Crippen molar-refractivity contribution < 1.29 is 9.21 Å². The van der Waals surface area contributed by atoms with Gasteiger partial charge < -0.3 is 9.73 Å². The molecule has 0 spiro atoms. The summed E-state index contributed by atoms with van der Waals surface area (Å²) in [7, 11) is 1.94. The molecule has 1 N–H and O–H groups in total. The van der Waals surface area contributed by atoms with E-state index in [1.54, 1.807) is 6.07 Å². The van der Waals surface area contributed by atoms with Crippen LogP contribution < -0.4 is 5.32 Å². The van der Waals surface area contributed by atoms with Crippen LogP contribution in [-0.4, -0.2) is 40.2 Å². The number of piperidine rings is 1. The van der Waals surface area contributed by atoms with Crippen LogP contribution in [0.5, 0.6) is 0 Å². The Hall–Kier alpha value is -2.08. The molecule has 1 aliphatic heterocycles. The lowest BCUT2D eigenvalue weighted by Gasteiger charge is -2.31. The molecule has 0 radical (unpaired) electrons. The van der Waals surface area contributed by atoms with Crippen molar-refractivity contribution in [1.82, 2.24) is 20.0 Å². The summed E-state index contributed by atoms with van der Waals surface area (Å²) >= 11 is 0. The number of aryl methyl sites for hydroxylation is 1. The summed E-state index contributed by atoms with van der Waals surface area (Å²) in [6, 6.07) is 1.69. The van der Waals surface area contributed by atoms with Gasteiger partial charge in [-0.1, -0.05) is 0 Å². The van der Waals surface area contributed by atoms with Gasteiger partial charge in [-0.05, 0) is 37.9 Å². The van der Waals surface area contributed by atoms with Crippen LogP contribution in [0.15, 0.2) is 35.4 Å². The standard InChI is InChI=1S/C16H22N4O2/c1-19-10-14(9-18-19)11-20-5-2-13(3-6-20)8-17-16(21)15-4-7-22-12-15/h4,7,9-10,12-13H,2-3,5-6,8,11H2,1H3,(H,17,21). The van der Waals surface area contributed by atoms with Crippen molar-refractivity contribution in [3.05, 3.63) is 42.1 Å². The third-order valence-corrected chi connectivity index (χ3v) is 4.21. The second kappa shape index (κ2) is 6.79. The Balaban J connectivity index is 1.39. The average Bonchev–Trinajstić information content (AvgIpc) is 3.18. The van der Waals surface area contributed by atoms with Crippen LogP contribution in [0.2, 0.25) is 0 Å². The first-order chi connectivity index (χ1) is 10.7. The fraction of sp³-hybridized carbons (Fsp3) is 0.500. The zero-order valence-corrected chi connectivity index (χ0v) is 12.9. The molecular weight excluding hydrogens is 280 g/mol. The summed E-state index contributed by atoms with van der Waals surface area (Å²) < 4.78 is 6.77. The maximum absolute atomic E-state index is 11.9. The Kier molecular flexibility index (Phi) is 4.58. The number of hydrogen-bond acceptors (Lipinski definition) is 4. The van der Waals surface area contributed by atoms with E-state index >= 15 is 0 Å². The summed E-state index contributed by atoms with van der Waals surface area (Å²) in [5, 5.41) is 7.20. The first kappa shape index (κ1) is 14.8. The van der Waals surface area contributed by atoms with E-state index in [0.717, 1.165) is 39.0 Å². The van der Waals surface area contributed by atoms with E-state index in [9.17, 15) is 4.79 Å². The normalized spacial score (nSPS) is 16.8. The van der Waals surface area contributed by atoms with E-state index in [-0.39, 0.29) is 5.91 Å². The lowest BCUT2D eigenvalue weighted by Crippen LogP contribution is -2.38. The highest BCUT2D eigenvalue weighted by molar-refractivity contribution is 5.93. The monoisotopic (exact) mass is 302 g/mol. The van der Waals surface area contributed by atoms with Gasteiger partial charge in [0.1, 0.15) is 6.26 Å². The van der Waals surface area contributed by atoms with Crippen LogP contribution in [0.3, 0.4) is 0 Å². The lowest BCUT2D eigenvalue weighted by atomic mass is 9.96. The molecular formula is C16H22N4O2. The Morgan fingerprint density at radius 3 is 2.91 bits per heavy atom. The van der Waals surface area contributed by atoms with Crippen molar-refractivity contribution in [1.29, 1.82) is 0 Å². The van der Waals surface area contributed by atoms with Crippen molar-refractivity contribution in [2.24, 2.45) is 13.0 Å². The molecule has 1 aliphatic rings. The zero-order chi connectivity index (χ0) is 15.4. The summed E-state index contributed by atoms with van der Waals surface area (Å²) in [6.07, 6.45) is 9.23. The van der Waals surface area contributed by atoms with Gasteiger partial charge in [0.2, 0.25) is 0 Å². The van der Waals surface area contributed by atoms with E-state index in [2.05, 4.69) is 21.5 Å². The summed E-state index contributed by atoms with van der Waals surface area (Å²) in [5.41, 5.74) is 1.85. The topological polar surface area (TPSA) is 63.3 Å². The number of carbonyl (C=O) groups is 1. The van der Waals surface area contributed by atoms with Crippen LogP contribution in [0.1, 0.15) is 28.8 Å². The van der Waals surface area contributed by atoms with E-state index in [1.807, 2.05) is 17.9 Å². The van der Waals surface area contributed by atoms with Crippen LogP contribution in [0, 0.1) is 5.92 Å². The highest BCUT2D eigenvalue weighted by Gasteiger charge is 2.20. The molecule has 0 aromatic carbocycles. The maximum Gasteiger partial charge on any atom is 0.254 e. The average molecular weight is 302 g/mol. The lowest BCUT2D eigenvalue weighted by molar-refractivity contribution is 0.0934. The summed E-state index contributed by atoms with van der Waals surface area (Å²) in [5.74, 6) is 0.507. The SMILES string of the molecule is Cn1cc(CN2CCC(CNC(=O)c3ccoc3)CC2)cn1. The van der Waals surface area contributed by atoms with Crippen LogP contribution in [0.4, 0.5) is 0 Å². The molecule has 1 saturated heterocycles. The number of amides is 1. The zero-order valence-electron chi connectivity index (χ0n) is 12.9. The van der Waals surface area contributed by atoms with Crippen LogP contribution >= 0.6 is 0 Å². The minimum Gasteiger partial charge on any atom is -0.472 e. The number of nitrogens with one attached hydrogen (secondary N) is 1. The number of aromatic nitrogens is 2. The third kappa shape index (κ3) is 3.76. The molecule has 1 fully saturated rings. The molecule has 2 aromatic heterocycles. The van der Waals surface area contributed by atoms with Gasteiger partial charge in [-0.15, -0.1) is 0 Å². The van der Waals surface area contributed by atoms with E-state index in [1.165, 1.54) is 18.1 Å². The van der Waals surface area contributed by atoms with Gasteiger partial charge in [-0.25, -0.2) is 0 Å². The Morgan fingerprint density at radius 1 is 1.45 bits per heavy atom. The van der Waals surface area contributed by atoms with Crippen molar-refractivity contribution in [3.63, 3.8) is 0 Å². The van der Waals surface area contributed by atoms with Crippen LogP contribution in [0.25, 0.3) is 0 Å². The number of likely N-dealkylation sites (tertiary alicyclic amines) is 1. The molecule has 6 heteroatoms. The van der Waals surface area contributed by atoms with E-state index < -0.39 is 0 Å². The third-order valence-electron chi connectivity index (χ3n) is 4.21. The van der Waals surface area contributed by atoms with Gasteiger partial charge >= 0.3 is 0 Å². The van der Waals surface area contributed by atoms with Crippen molar-refractivity contribution in [2.75, 3.05) is 19.6 Å². The second-order valence-electron chi connectivity index (χ2n) is 5.96. The highest BCUT2D eigenvalue weighted by Crippen LogP contribution is 2.18. The van der Waals surface area contributed by atoms with Gasteiger partial charge in [-0.2, -0.15) is 5.10 Å². The Bertz CT molecular complexity index is 597. The molecule has 118 valence electrons. The summed E-state index contributed by atoms with van der Waals surface area (Å²) in [6.45, 7) is 3.84. The maximum atomic E-state index is 11.9. The molecule has 0 bridgehead atoms. The van der Waals surface area contributed by atoms with Gasteiger partial charge in [0.05, 0.1) is 18.0 Å². The largest absolute Gasteiger partial charge is 0.472 e. The molecule has 0 atom stereocenters. The molecule has 0 aliphatic carbocycles. The Labute approximate surface area is 130 Å². The van der Waals surface area contributed by atoms with E-state index in [0.29, 0.717) is 11.5 Å². The molecule has 0 saturated carbocycles. The minimum atomic E-state index is -0.0495.